The van der Waals surface area contributed by atoms with Gasteiger partial charge in [0.15, 0.2) is 0 Å². The minimum atomic E-state index is 0.264. The molecule has 1 N–H and O–H groups in total. The molecule has 0 atom stereocenters. The normalized spacial score (nSPS) is 23.2. The Morgan fingerprint density at radius 3 is 2.82 bits per heavy atom. The van der Waals surface area contributed by atoms with E-state index in [2.05, 4.69) is 12.2 Å². The molecule has 1 fully saturated rings. The second kappa shape index (κ2) is 5.94. The zero-order chi connectivity index (χ0) is 12.3. The average molecular weight is 274 g/mol. The van der Waals surface area contributed by atoms with Crippen molar-refractivity contribution >= 4 is 23.2 Å². The molecule has 0 unspecified atom stereocenters. The van der Waals surface area contributed by atoms with Gasteiger partial charge in [0.05, 0.1) is 5.02 Å². The van der Waals surface area contributed by atoms with Gasteiger partial charge in [-0.2, -0.15) is 0 Å². The summed E-state index contributed by atoms with van der Waals surface area (Å²) in [5.41, 5.74) is 0. The maximum absolute atomic E-state index is 6.04. The zero-order valence-electron chi connectivity index (χ0n) is 9.88. The summed E-state index contributed by atoms with van der Waals surface area (Å²) in [4.78, 5) is 0. The van der Waals surface area contributed by atoms with E-state index >= 15 is 0 Å². The zero-order valence-corrected chi connectivity index (χ0v) is 11.4. The highest BCUT2D eigenvalue weighted by molar-refractivity contribution is 6.34. The van der Waals surface area contributed by atoms with Crippen molar-refractivity contribution in [1.82, 2.24) is 5.32 Å². The number of rotatable bonds is 5. The Hall–Kier alpha value is -0.440. The molecule has 0 aromatic heterocycles. The van der Waals surface area contributed by atoms with E-state index in [4.69, 9.17) is 27.9 Å². The van der Waals surface area contributed by atoms with Gasteiger partial charge in [-0.05, 0) is 37.9 Å². The average Bonchev–Trinajstić information content (AvgIpc) is 2.26. The first kappa shape index (κ1) is 13.0. The van der Waals surface area contributed by atoms with Crippen molar-refractivity contribution in [2.24, 2.45) is 0 Å². The van der Waals surface area contributed by atoms with Gasteiger partial charge in [-0.3, -0.25) is 0 Å². The largest absolute Gasteiger partial charge is 0.489 e. The van der Waals surface area contributed by atoms with E-state index in [1.165, 1.54) is 6.42 Å². The third-order valence-corrected chi connectivity index (χ3v) is 3.51. The van der Waals surface area contributed by atoms with Gasteiger partial charge in [-0.15, -0.1) is 0 Å². The van der Waals surface area contributed by atoms with Crippen LogP contribution in [-0.2, 0) is 0 Å². The first-order valence-corrected chi connectivity index (χ1v) is 6.79. The molecule has 2 nitrogen and oxygen atoms in total. The van der Waals surface area contributed by atoms with Gasteiger partial charge in [0.1, 0.15) is 11.9 Å². The lowest BCUT2D eigenvalue weighted by molar-refractivity contribution is 0.0853. The molecular formula is C13H17Cl2NO. The van der Waals surface area contributed by atoms with Crippen molar-refractivity contribution in [2.45, 2.75) is 38.3 Å². The SMILES string of the molecule is CCCNC1CC(Oc2cc(Cl)ccc2Cl)C1. The molecule has 17 heavy (non-hydrogen) atoms. The van der Waals surface area contributed by atoms with Gasteiger partial charge < -0.3 is 10.1 Å². The Morgan fingerprint density at radius 1 is 1.35 bits per heavy atom. The topological polar surface area (TPSA) is 21.3 Å². The van der Waals surface area contributed by atoms with E-state index in [1.54, 1.807) is 18.2 Å². The smallest absolute Gasteiger partial charge is 0.139 e. The number of ether oxygens (including phenoxy) is 1. The van der Waals surface area contributed by atoms with E-state index in [-0.39, 0.29) is 6.10 Å². The summed E-state index contributed by atoms with van der Waals surface area (Å²) in [7, 11) is 0. The van der Waals surface area contributed by atoms with Crippen LogP contribution in [0.15, 0.2) is 18.2 Å². The third-order valence-electron chi connectivity index (χ3n) is 2.96. The molecule has 1 aromatic rings. The second-order valence-electron chi connectivity index (χ2n) is 4.44. The lowest BCUT2D eigenvalue weighted by atomic mass is 9.89. The quantitative estimate of drug-likeness (QED) is 0.879. The molecule has 1 aliphatic rings. The lowest BCUT2D eigenvalue weighted by Crippen LogP contribution is -2.47. The number of benzene rings is 1. The Kier molecular flexibility index (Phi) is 4.55. The summed E-state index contributed by atoms with van der Waals surface area (Å²) >= 11 is 11.9. The van der Waals surface area contributed by atoms with Crippen LogP contribution in [0.2, 0.25) is 10.0 Å². The molecule has 0 radical (unpaired) electrons. The van der Waals surface area contributed by atoms with E-state index in [9.17, 15) is 0 Å². The Bertz CT molecular complexity index is 378. The number of hydrogen-bond donors (Lipinski definition) is 1. The van der Waals surface area contributed by atoms with Gasteiger partial charge in [-0.25, -0.2) is 0 Å². The van der Waals surface area contributed by atoms with Gasteiger partial charge in [-0.1, -0.05) is 30.1 Å². The Balaban J connectivity index is 1.81. The predicted octanol–water partition coefficient (Wildman–Crippen LogP) is 3.90. The van der Waals surface area contributed by atoms with Crippen LogP contribution in [0.4, 0.5) is 0 Å². The lowest BCUT2D eigenvalue weighted by Gasteiger charge is -2.36. The fourth-order valence-electron chi connectivity index (χ4n) is 1.92. The molecule has 0 heterocycles. The summed E-state index contributed by atoms with van der Waals surface area (Å²) in [6.45, 7) is 3.25. The van der Waals surface area contributed by atoms with Gasteiger partial charge in [0.25, 0.3) is 0 Å². The molecule has 1 saturated carbocycles. The van der Waals surface area contributed by atoms with Crippen LogP contribution in [0.25, 0.3) is 0 Å². The van der Waals surface area contributed by atoms with Gasteiger partial charge in [0, 0.05) is 17.1 Å². The molecular weight excluding hydrogens is 257 g/mol. The maximum Gasteiger partial charge on any atom is 0.139 e. The van der Waals surface area contributed by atoms with Gasteiger partial charge in [0.2, 0.25) is 0 Å². The van der Waals surface area contributed by atoms with Crippen molar-refractivity contribution in [1.29, 1.82) is 0 Å². The Morgan fingerprint density at radius 2 is 2.12 bits per heavy atom. The highest BCUT2D eigenvalue weighted by Gasteiger charge is 2.30. The number of halogens is 2. The van der Waals surface area contributed by atoms with Crippen LogP contribution in [0, 0.1) is 0 Å². The maximum atomic E-state index is 6.04. The standard InChI is InChI=1S/C13H17Cl2NO/c1-2-5-16-10-7-11(8-10)17-13-6-9(14)3-4-12(13)15/h3-4,6,10-11,16H,2,5,7-8H2,1H3. The molecule has 2 rings (SSSR count). The van der Waals surface area contributed by atoms with Crippen molar-refractivity contribution in [3.8, 4) is 5.75 Å². The minimum absolute atomic E-state index is 0.264. The van der Waals surface area contributed by atoms with Crippen LogP contribution in [-0.4, -0.2) is 18.7 Å². The summed E-state index contributed by atoms with van der Waals surface area (Å²) in [5, 5.41) is 4.75. The number of hydrogen-bond acceptors (Lipinski definition) is 2. The van der Waals surface area contributed by atoms with E-state index in [1.807, 2.05) is 0 Å². The molecule has 1 aliphatic carbocycles. The van der Waals surface area contributed by atoms with Crippen molar-refractivity contribution in [3.05, 3.63) is 28.2 Å². The molecule has 4 heteroatoms. The molecule has 94 valence electrons. The molecule has 0 spiro atoms. The third kappa shape index (κ3) is 3.51. The fraction of sp³-hybridized carbons (Fsp3) is 0.538. The predicted molar refractivity (Wildman–Crippen MR) is 72.2 cm³/mol. The van der Waals surface area contributed by atoms with Crippen LogP contribution in [0.5, 0.6) is 5.75 Å². The highest BCUT2D eigenvalue weighted by atomic mass is 35.5. The summed E-state index contributed by atoms with van der Waals surface area (Å²) in [5.74, 6) is 0.693. The van der Waals surface area contributed by atoms with Crippen LogP contribution in [0.3, 0.4) is 0 Å². The highest BCUT2D eigenvalue weighted by Crippen LogP contribution is 2.32. The Labute approximate surface area is 112 Å². The monoisotopic (exact) mass is 273 g/mol. The first-order valence-electron chi connectivity index (χ1n) is 6.04. The second-order valence-corrected chi connectivity index (χ2v) is 5.28. The van der Waals surface area contributed by atoms with Crippen molar-refractivity contribution in [3.63, 3.8) is 0 Å². The summed E-state index contributed by atoms with van der Waals surface area (Å²) in [6.07, 6.45) is 3.52. The van der Waals surface area contributed by atoms with Crippen LogP contribution in [0.1, 0.15) is 26.2 Å². The molecule has 0 aliphatic heterocycles. The van der Waals surface area contributed by atoms with Crippen LogP contribution >= 0.6 is 23.2 Å². The summed E-state index contributed by atoms with van der Waals surface area (Å²) in [6, 6.07) is 5.91. The van der Waals surface area contributed by atoms with E-state index in [0.29, 0.717) is 21.8 Å². The van der Waals surface area contributed by atoms with E-state index < -0.39 is 0 Å². The molecule has 0 amide bonds. The molecule has 1 aromatic carbocycles. The van der Waals surface area contributed by atoms with Crippen LogP contribution < -0.4 is 10.1 Å². The molecule has 0 bridgehead atoms. The van der Waals surface area contributed by atoms with Crippen molar-refractivity contribution < 1.29 is 4.74 Å². The van der Waals surface area contributed by atoms with Crippen molar-refractivity contribution in [2.75, 3.05) is 6.54 Å². The van der Waals surface area contributed by atoms with E-state index in [0.717, 1.165) is 19.4 Å². The minimum Gasteiger partial charge on any atom is -0.489 e. The summed E-state index contributed by atoms with van der Waals surface area (Å²) < 4.78 is 5.82. The first-order chi connectivity index (χ1) is 8.19. The fourth-order valence-corrected chi connectivity index (χ4v) is 2.25. The molecule has 0 saturated heterocycles. The van der Waals surface area contributed by atoms with Gasteiger partial charge >= 0.3 is 0 Å². The number of nitrogens with one attached hydrogen (secondary N) is 1.